The molecule has 0 aromatic heterocycles. The Bertz CT molecular complexity index is 628. The fourth-order valence-corrected chi connectivity index (χ4v) is 4.39. The van der Waals surface area contributed by atoms with E-state index >= 15 is 0 Å². The van der Waals surface area contributed by atoms with E-state index in [4.69, 9.17) is 4.74 Å². The molecule has 0 N–H and O–H groups in total. The van der Waals surface area contributed by atoms with Crippen molar-refractivity contribution in [2.75, 3.05) is 18.1 Å². The first-order valence-electron chi connectivity index (χ1n) is 9.19. The number of ether oxygens (including phenoxy) is 1. The van der Waals surface area contributed by atoms with Crippen LogP contribution in [-0.2, 0) is 14.6 Å². The molecule has 0 aliphatic carbocycles. The molecule has 1 rings (SSSR count). The summed E-state index contributed by atoms with van der Waals surface area (Å²) in [5.41, 5.74) is -0.647. The number of hydrogen-bond donors (Lipinski definition) is 0. The highest BCUT2D eigenvalue weighted by atomic mass is 32.2. The molecule has 11 heteroatoms. The van der Waals surface area contributed by atoms with Gasteiger partial charge >= 0.3 is 18.2 Å². The minimum Gasteiger partial charge on any atom is -0.444 e. The monoisotopic (exact) mass is 437 g/mol. The van der Waals surface area contributed by atoms with E-state index in [0.29, 0.717) is 19.4 Å². The highest BCUT2D eigenvalue weighted by Crippen LogP contribution is 2.38. The minimum absolute atomic E-state index is 0.167. The van der Waals surface area contributed by atoms with Crippen LogP contribution in [0.3, 0.4) is 0 Å². The van der Waals surface area contributed by atoms with E-state index in [9.17, 15) is 35.2 Å². The van der Waals surface area contributed by atoms with Crippen molar-refractivity contribution in [1.82, 2.24) is 4.90 Å². The maximum absolute atomic E-state index is 12.8. The molecule has 1 unspecified atom stereocenters. The van der Waals surface area contributed by atoms with Crippen molar-refractivity contribution in [2.24, 2.45) is 0 Å². The van der Waals surface area contributed by atoms with Gasteiger partial charge in [0.25, 0.3) is 0 Å². The molecule has 1 amide bonds. The topological polar surface area (TPSA) is 63.7 Å². The molecular weight excluding hydrogens is 409 g/mol. The Morgan fingerprint density at radius 1 is 1.07 bits per heavy atom. The Morgan fingerprint density at radius 2 is 1.64 bits per heavy atom. The second-order valence-electron chi connectivity index (χ2n) is 8.07. The summed E-state index contributed by atoms with van der Waals surface area (Å²) in [6, 6.07) is -0.167. The second kappa shape index (κ2) is 9.13. The number of hydrogen-bond acceptors (Lipinski definition) is 4. The lowest BCUT2D eigenvalue weighted by Gasteiger charge is -2.28. The highest BCUT2D eigenvalue weighted by Gasteiger charge is 2.56. The average Bonchev–Trinajstić information content (AvgIpc) is 2.92. The van der Waals surface area contributed by atoms with E-state index in [-0.39, 0.29) is 18.2 Å². The number of sulfone groups is 1. The molecule has 166 valence electrons. The summed E-state index contributed by atoms with van der Waals surface area (Å²) in [5.74, 6) is -5.93. The van der Waals surface area contributed by atoms with Gasteiger partial charge in [-0.1, -0.05) is 0 Å². The molecular formula is C17H28F5NO4S. The van der Waals surface area contributed by atoms with Gasteiger partial charge in [0.1, 0.15) is 15.4 Å². The minimum atomic E-state index is -5.68. The third-order valence-corrected chi connectivity index (χ3v) is 6.18. The lowest BCUT2D eigenvalue weighted by molar-refractivity contribution is -0.284. The lowest BCUT2D eigenvalue weighted by Crippen LogP contribution is -2.40. The van der Waals surface area contributed by atoms with Gasteiger partial charge in [-0.15, -0.1) is 0 Å². The molecule has 0 radical (unpaired) electrons. The molecule has 28 heavy (non-hydrogen) atoms. The van der Waals surface area contributed by atoms with E-state index in [1.54, 1.807) is 25.7 Å². The Kier molecular flexibility index (Phi) is 8.12. The lowest BCUT2D eigenvalue weighted by atomic mass is 10.1. The zero-order chi connectivity index (χ0) is 21.8. The fraction of sp³-hybridized carbons (Fsp3) is 0.941. The van der Waals surface area contributed by atoms with Gasteiger partial charge in [-0.25, -0.2) is 13.2 Å². The second-order valence-corrected chi connectivity index (χ2v) is 10.4. The number of carbonyl (C=O) groups is 1. The van der Waals surface area contributed by atoms with Crippen molar-refractivity contribution in [3.63, 3.8) is 0 Å². The van der Waals surface area contributed by atoms with Gasteiger partial charge in [-0.2, -0.15) is 22.0 Å². The summed E-state index contributed by atoms with van der Waals surface area (Å²) in [7, 11) is -3.74. The normalized spacial score (nSPS) is 19.1. The number of amides is 1. The molecule has 1 aliphatic heterocycles. The van der Waals surface area contributed by atoms with Crippen LogP contribution >= 0.6 is 0 Å². The Balaban J connectivity index is 2.43. The summed E-state index contributed by atoms with van der Waals surface area (Å²) in [6.45, 7) is 5.74. The van der Waals surface area contributed by atoms with E-state index in [0.717, 1.165) is 6.42 Å². The number of halogens is 5. The molecule has 1 heterocycles. The molecule has 0 aromatic rings. The van der Waals surface area contributed by atoms with Gasteiger partial charge in [0.05, 0.1) is 11.5 Å². The van der Waals surface area contributed by atoms with Gasteiger partial charge in [-0.05, 0) is 52.9 Å². The smallest absolute Gasteiger partial charge is 0.444 e. The molecule has 0 spiro atoms. The predicted molar refractivity (Wildman–Crippen MR) is 94.1 cm³/mol. The van der Waals surface area contributed by atoms with Crippen molar-refractivity contribution in [1.29, 1.82) is 0 Å². The van der Waals surface area contributed by atoms with Crippen LogP contribution in [0.5, 0.6) is 0 Å². The summed E-state index contributed by atoms with van der Waals surface area (Å²) in [5, 5.41) is 0. The number of alkyl halides is 5. The van der Waals surface area contributed by atoms with Crippen molar-refractivity contribution in [2.45, 2.75) is 83.0 Å². The molecule has 1 aliphatic rings. The number of nitrogens with zero attached hydrogens (tertiary/aromatic N) is 1. The fourth-order valence-electron chi connectivity index (χ4n) is 2.99. The Morgan fingerprint density at radius 3 is 2.18 bits per heavy atom. The molecule has 0 saturated carbocycles. The largest absolute Gasteiger partial charge is 0.453 e. The standard InChI is InChI=1S/C17H28F5NO4S/c1-15(2,3)27-14(24)23-10-4-7-13(23)8-5-11-28(25,26)12-6-9-16(18,19)17(20,21)22/h13H,4-12H2,1-3H3. The van der Waals surface area contributed by atoms with E-state index < -0.39 is 52.2 Å². The summed E-state index contributed by atoms with van der Waals surface area (Å²) in [6.07, 6.45) is -6.39. The van der Waals surface area contributed by atoms with Crippen LogP contribution in [0.4, 0.5) is 26.7 Å². The molecule has 1 fully saturated rings. The van der Waals surface area contributed by atoms with Crippen LogP contribution < -0.4 is 0 Å². The predicted octanol–water partition coefficient (Wildman–Crippen LogP) is 4.56. The zero-order valence-electron chi connectivity index (χ0n) is 16.3. The average molecular weight is 437 g/mol. The molecule has 1 saturated heterocycles. The molecule has 0 bridgehead atoms. The van der Waals surface area contributed by atoms with Crippen LogP contribution in [-0.4, -0.2) is 61.2 Å². The van der Waals surface area contributed by atoms with Crippen molar-refractivity contribution < 1.29 is 39.9 Å². The van der Waals surface area contributed by atoms with Gasteiger partial charge in [0, 0.05) is 19.0 Å². The molecule has 5 nitrogen and oxygen atoms in total. The van der Waals surface area contributed by atoms with Crippen LogP contribution in [0.25, 0.3) is 0 Å². The van der Waals surface area contributed by atoms with Crippen LogP contribution in [0, 0.1) is 0 Å². The number of carbonyl (C=O) groups excluding carboxylic acids is 1. The molecule has 1 atom stereocenters. The van der Waals surface area contributed by atoms with Crippen molar-refractivity contribution in [3.8, 4) is 0 Å². The maximum atomic E-state index is 12.8. The summed E-state index contributed by atoms with van der Waals surface area (Å²) in [4.78, 5) is 13.7. The zero-order valence-corrected chi connectivity index (χ0v) is 17.1. The van der Waals surface area contributed by atoms with Crippen molar-refractivity contribution in [3.05, 3.63) is 0 Å². The van der Waals surface area contributed by atoms with E-state index in [1.165, 1.54) is 0 Å². The Hall–Kier alpha value is -1.13. The van der Waals surface area contributed by atoms with Gasteiger partial charge in [0.2, 0.25) is 0 Å². The Labute approximate surface area is 162 Å². The third kappa shape index (κ3) is 8.08. The summed E-state index contributed by atoms with van der Waals surface area (Å²) < 4.78 is 91.1. The quantitative estimate of drug-likeness (QED) is 0.523. The van der Waals surface area contributed by atoms with Crippen LogP contribution in [0.2, 0.25) is 0 Å². The number of likely N-dealkylation sites (tertiary alicyclic amines) is 1. The van der Waals surface area contributed by atoms with Gasteiger partial charge in [0.15, 0.2) is 0 Å². The highest BCUT2D eigenvalue weighted by molar-refractivity contribution is 7.91. The first-order chi connectivity index (χ1) is 12.5. The third-order valence-electron chi connectivity index (χ3n) is 4.36. The van der Waals surface area contributed by atoms with Crippen molar-refractivity contribution >= 4 is 15.9 Å². The van der Waals surface area contributed by atoms with Crippen LogP contribution in [0.15, 0.2) is 0 Å². The van der Waals surface area contributed by atoms with Gasteiger partial charge < -0.3 is 9.64 Å². The molecule has 0 aromatic carbocycles. The first kappa shape index (κ1) is 24.9. The van der Waals surface area contributed by atoms with Gasteiger partial charge in [-0.3, -0.25) is 0 Å². The SMILES string of the molecule is CC(C)(C)OC(=O)N1CCCC1CCCS(=O)(=O)CCCC(F)(F)C(F)(F)F. The number of rotatable bonds is 8. The summed E-state index contributed by atoms with van der Waals surface area (Å²) >= 11 is 0. The maximum Gasteiger partial charge on any atom is 0.453 e. The van der Waals surface area contributed by atoms with E-state index in [2.05, 4.69) is 0 Å². The first-order valence-corrected chi connectivity index (χ1v) is 11.0. The van der Waals surface area contributed by atoms with E-state index in [1.807, 2.05) is 0 Å². The van der Waals surface area contributed by atoms with Crippen LogP contribution in [0.1, 0.15) is 59.3 Å².